The second kappa shape index (κ2) is 11.2. The van der Waals surface area contributed by atoms with Crippen LogP contribution in [0.3, 0.4) is 0 Å². The zero-order valence-corrected chi connectivity index (χ0v) is 29.4. The summed E-state index contributed by atoms with van der Waals surface area (Å²) in [5, 5.41) is 7.69. The van der Waals surface area contributed by atoms with Gasteiger partial charge in [-0.2, -0.15) is 0 Å². The molecule has 0 saturated carbocycles. The van der Waals surface area contributed by atoms with E-state index in [0.29, 0.717) is 0 Å². The number of nitrogens with zero attached hydrogens (tertiary/aromatic N) is 2. The van der Waals surface area contributed by atoms with Crippen molar-refractivity contribution in [1.82, 2.24) is 9.13 Å². The van der Waals surface area contributed by atoms with Crippen molar-refractivity contribution in [2.75, 3.05) is 0 Å². The summed E-state index contributed by atoms with van der Waals surface area (Å²) in [5.41, 5.74) is 17.4. The molecule has 0 spiro atoms. The fourth-order valence-corrected chi connectivity index (χ4v) is 9.22. The van der Waals surface area contributed by atoms with Gasteiger partial charge in [0.25, 0.3) is 0 Å². The zero-order valence-electron chi connectivity index (χ0n) is 29.4. The molecule has 0 amide bonds. The average Bonchev–Trinajstić information content (AvgIpc) is 3.87. The second-order valence-electron chi connectivity index (χ2n) is 14.5. The van der Waals surface area contributed by atoms with Crippen LogP contribution < -0.4 is 0 Å². The van der Waals surface area contributed by atoms with Gasteiger partial charge in [-0.15, -0.1) is 0 Å². The molecule has 54 heavy (non-hydrogen) atoms. The molecule has 2 nitrogen and oxygen atoms in total. The third-order valence-electron chi connectivity index (χ3n) is 11.6. The molecule has 2 aromatic heterocycles. The molecular formula is C52H32N2. The zero-order chi connectivity index (χ0) is 35.3. The van der Waals surface area contributed by atoms with Crippen molar-refractivity contribution in [2.24, 2.45) is 0 Å². The van der Waals surface area contributed by atoms with Crippen LogP contribution in [0.25, 0.3) is 110 Å². The van der Waals surface area contributed by atoms with Gasteiger partial charge >= 0.3 is 0 Å². The van der Waals surface area contributed by atoms with Gasteiger partial charge in [0.2, 0.25) is 0 Å². The van der Waals surface area contributed by atoms with Gasteiger partial charge in [0.1, 0.15) is 0 Å². The predicted octanol–water partition coefficient (Wildman–Crippen LogP) is 14.0. The van der Waals surface area contributed by atoms with Crippen LogP contribution >= 0.6 is 0 Å². The Hall–Kier alpha value is -7.16. The first kappa shape index (κ1) is 29.4. The van der Waals surface area contributed by atoms with Crippen molar-refractivity contribution in [3.63, 3.8) is 0 Å². The molecule has 11 aromatic rings. The Morgan fingerprint density at radius 1 is 0.259 bits per heavy atom. The van der Waals surface area contributed by atoms with Crippen molar-refractivity contribution >= 4 is 54.4 Å². The summed E-state index contributed by atoms with van der Waals surface area (Å²) in [6.07, 6.45) is 0. The van der Waals surface area contributed by atoms with Crippen molar-refractivity contribution < 1.29 is 0 Å². The number of fused-ring (bicyclic) bond motifs is 9. The maximum Gasteiger partial charge on any atom is 0.0547 e. The number of para-hydroxylation sites is 3. The lowest BCUT2D eigenvalue weighted by Crippen LogP contribution is -1.94. The maximum atomic E-state index is 2.43. The van der Waals surface area contributed by atoms with Crippen molar-refractivity contribution in [1.29, 1.82) is 0 Å². The minimum Gasteiger partial charge on any atom is -0.309 e. The van der Waals surface area contributed by atoms with Gasteiger partial charge in [-0.25, -0.2) is 0 Å². The molecule has 12 rings (SSSR count). The molecule has 0 fully saturated rings. The summed E-state index contributed by atoms with van der Waals surface area (Å²) in [7, 11) is 0. The number of hydrogen-bond acceptors (Lipinski definition) is 0. The summed E-state index contributed by atoms with van der Waals surface area (Å²) in [4.78, 5) is 0. The van der Waals surface area contributed by atoms with Crippen molar-refractivity contribution in [3.8, 4) is 55.9 Å². The first-order valence-electron chi connectivity index (χ1n) is 18.7. The number of hydrogen-bond donors (Lipinski definition) is 0. The van der Waals surface area contributed by atoms with E-state index in [0.717, 1.165) is 5.69 Å². The molecule has 0 aliphatic heterocycles. The van der Waals surface area contributed by atoms with Gasteiger partial charge in [-0.1, -0.05) is 127 Å². The fraction of sp³-hybridized carbons (Fsp3) is 0. The molecule has 2 heterocycles. The largest absolute Gasteiger partial charge is 0.309 e. The number of aromatic nitrogens is 2. The standard InChI is InChI=1S/C52H32N2/c1-2-12-38(13-3-1)53-49-20-9-7-17-43(49)46-30-34(24-28-50(46)53)35-23-27-44-42-16-6-8-19-48(42)54(51(44)32-35)39-25-21-33(22-26-39)37-29-36-11-10-18-45-40-14-4-5-15-41(40)47(31-37)52(36)45/h1-32H. The Morgan fingerprint density at radius 2 is 0.815 bits per heavy atom. The highest BCUT2D eigenvalue weighted by atomic mass is 15.0. The summed E-state index contributed by atoms with van der Waals surface area (Å²) < 4.78 is 4.81. The van der Waals surface area contributed by atoms with Crippen LogP contribution in [0, 0.1) is 0 Å². The first-order chi connectivity index (χ1) is 26.8. The Labute approximate surface area is 312 Å². The van der Waals surface area contributed by atoms with E-state index >= 15 is 0 Å². The average molecular weight is 685 g/mol. The molecule has 1 aliphatic carbocycles. The normalized spacial score (nSPS) is 12.1. The third-order valence-corrected chi connectivity index (χ3v) is 11.6. The molecule has 0 bridgehead atoms. The fourth-order valence-electron chi connectivity index (χ4n) is 9.22. The van der Waals surface area contributed by atoms with E-state index in [-0.39, 0.29) is 0 Å². The van der Waals surface area contributed by atoms with Gasteiger partial charge in [-0.05, 0) is 122 Å². The van der Waals surface area contributed by atoms with E-state index in [4.69, 9.17) is 0 Å². The molecule has 9 aromatic carbocycles. The monoisotopic (exact) mass is 684 g/mol. The lowest BCUT2D eigenvalue weighted by atomic mass is 9.96. The minimum absolute atomic E-state index is 1.15. The lowest BCUT2D eigenvalue weighted by molar-refractivity contribution is 1.18. The molecular weight excluding hydrogens is 653 g/mol. The highest BCUT2D eigenvalue weighted by molar-refractivity contribution is 6.17. The molecule has 1 aliphatic rings. The van der Waals surface area contributed by atoms with Gasteiger partial charge in [0.15, 0.2) is 0 Å². The SMILES string of the molecule is c1ccc(-n2c3ccccc3c3cc(-c4ccc5c6ccccc6n(-c6ccc(-c7cc8c9c(cccc9c7)-c7ccccc7-8)cc6)c5c4)ccc32)cc1. The molecule has 0 saturated heterocycles. The Morgan fingerprint density at radius 3 is 1.61 bits per heavy atom. The van der Waals surface area contributed by atoms with E-state index in [2.05, 4.69) is 203 Å². The van der Waals surface area contributed by atoms with Gasteiger partial charge in [0, 0.05) is 32.9 Å². The summed E-state index contributed by atoms with van der Waals surface area (Å²) in [5.74, 6) is 0. The van der Waals surface area contributed by atoms with E-state index in [9.17, 15) is 0 Å². The van der Waals surface area contributed by atoms with E-state index in [1.807, 2.05) is 0 Å². The minimum atomic E-state index is 1.15. The molecule has 0 N–H and O–H groups in total. The van der Waals surface area contributed by atoms with E-state index < -0.39 is 0 Å². The Kier molecular flexibility index (Phi) is 6.09. The molecule has 250 valence electrons. The Balaban J connectivity index is 0.993. The van der Waals surface area contributed by atoms with Crippen LogP contribution in [-0.2, 0) is 0 Å². The molecule has 2 heteroatoms. The first-order valence-corrected chi connectivity index (χ1v) is 18.7. The van der Waals surface area contributed by atoms with Crippen molar-refractivity contribution in [3.05, 3.63) is 194 Å². The van der Waals surface area contributed by atoms with Gasteiger partial charge in [0.05, 0.1) is 22.1 Å². The van der Waals surface area contributed by atoms with Gasteiger partial charge < -0.3 is 9.13 Å². The number of rotatable bonds is 4. The highest BCUT2D eigenvalue weighted by Gasteiger charge is 2.22. The smallest absolute Gasteiger partial charge is 0.0547 e. The molecule has 0 radical (unpaired) electrons. The van der Waals surface area contributed by atoms with Crippen molar-refractivity contribution in [2.45, 2.75) is 0 Å². The van der Waals surface area contributed by atoms with Crippen LogP contribution in [0.15, 0.2) is 194 Å². The number of benzene rings is 9. The lowest BCUT2D eigenvalue weighted by Gasteiger charge is -2.12. The van der Waals surface area contributed by atoms with Crippen LogP contribution in [0.4, 0.5) is 0 Å². The molecule has 0 unspecified atom stereocenters. The summed E-state index contributed by atoms with van der Waals surface area (Å²) in [6.45, 7) is 0. The van der Waals surface area contributed by atoms with Crippen LogP contribution in [0.5, 0.6) is 0 Å². The van der Waals surface area contributed by atoms with Crippen LogP contribution in [0.2, 0.25) is 0 Å². The van der Waals surface area contributed by atoms with Crippen LogP contribution in [-0.4, -0.2) is 9.13 Å². The Bertz CT molecular complexity index is 3310. The highest BCUT2D eigenvalue weighted by Crippen LogP contribution is 2.48. The quantitative estimate of drug-likeness (QED) is 0.175. The topological polar surface area (TPSA) is 9.86 Å². The predicted molar refractivity (Wildman–Crippen MR) is 228 cm³/mol. The summed E-state index contributed by atoms with van der Waals surface area (Å²) in [6, 6.07) is 71.5. The van der Waals surface area contributed by atoms with E-state index in [1.54, 1.807) is 0 Å². The van der Waals surface area contributed by atoms with E-state index in [1.165, 1.54) is 105 Å². The summed E-state index contributed by atoms with van der Waals surface area (Å²) >= 11 is 0. The maximum absolute atomic E-state index is 2.43. The van der Waals surface area contributed by atoms with Gasteiger partial charge in [-0.3, -0.25) is 0 Å². The molecule has 0 atom stereocenters. The second-order valence-corrected chi connectivity index (χ2v) is 14.5. The third kappa shape index (κ3) is 4.17. The van der Waals surface area contributed by atoms with Crippen LogP contribution in [0.1, 0.15) is 0 Å².